The molecule has 2 aromatic rings. The van der Waals surface area contributed by atoms with Gasteiger partial charge in [0.05, 0.1) is 10.6 Å². The zero-order valence-corrected chi connectivity index (χ0v) is 26.6. The van der Waals surface area contributed by atoms with Crippen LogP contribution in [-0.4, -0.2) is 49.4 Å². The van der Waals surface area contributed by atoms with Crippen molar-refractivity contribution in [1.29, 1.82) is 5.26 Å². The zero-order valence-electron chi connectivity index (χ0n) is 25.8. The molecule has 1 aliphatic rings. The van der Waals surface area contributed by atoms with Crippen LogP contribution in [-0.2, 0) is 14.3 Å². The molecule has 0 unspecified atom stereocenters. The largest absolute Gasteiger partial charge is 0.489 e. The normalized spacial score (nSPS) is 18.7. The second kappa shape index (κ2) is 13.8. The van der Waals surface area contributed by atoms with Gasteiger partial charge in [-0.3, -0.25) is 4.79 Å². The monoisotopic (exact) mass is 597 g/mol. The fraction of sp³-hybridized carbons (Fsp3) is 0.545. The van der Waals surface area contributed by atoms with Gasteiger partial charge in [0.15, 0.2) is 0 Å². The standard InChI is InChI=1S/C33H44ClN3O5/c1-31(2,3)42-27(38)21-40-18-10-8-9-17-36-24-14-11-22(12-15-24)28(39)37-29-32(4,5)30(33(29,6)7)41-25-16-13-23(20-35)26(34)19-25/h11-16,19,29-30,36H,8-10,17-18,21H2,1-7H3,(H,37,39). The molecule has 0 heterocycles. The second-order valence-corrected chi connectivity index (χ2v) is 13.4. The molecular formula is C33H44ClN3O5. The van der Waals surface area contributed by atoms with Gasteiger partial charge in [-0.25, -0.2) is 4.79 Å². The predicted octanol–water partition coefficient (Wildman–Crippen LogP) is 6.76. The van der Waals surface area contributed by atoms with Crippen molar-refractivity contribution in [1.82, 2.24) is 5.32 Å². The Labute approximate surface area is 255 Å². The summed E-state index contributed by atoms with van der Waals surface area (Å²) in [4.78, 5) is 24.8. The van der Waals surface area contributed by atoms with Gasteiger partial charge in [0.2, 0.25) is 0 Å². The van der Waals surface area contributed by atoms with E-state index >= 15 is 0 Å². The maximum Gasteiger partial charge on any atom is 0.332 e. The van der Waals surface area contributed by atoms with Crippen LogP contribution in [0.1, 0.15) is 83.7 Å². The number of rotatable bonds is 13. The maximum absolute atomic E-state index is 13.1. The second-order valence-electron chi connectivity index (χ2n) is 13.0. The minimum atomic E-state index is -0.498. The number of nitrogens with one attached hydrogen (secondary N) is 2. The number of unbranched alkanes of at least 4 members (excludes halogenated alkanes) is 2. The van der Waals surface area contributed by atoms with Crippen molar-refractivity contribution < 1.29 is 23.8 Å². The van der Waals surface area contributed by atoms with E-state index in [1.807, 2.05) is 45.0 Å². The van der Waals surface area contributed by atoms with Gasteiger partial charge in [-0.1, -0.05) is 39.3 Å². The lowest BCUT2D eigenvalue weighted by atomic mass is 9.49. The smallest absolute Gasteiger partial charge is 0.332 e. The highest BCUT2D eigenvalue weighted by molar-refractivity contribution is 6.31. The molecule has 9 heteroatoms. The molecule has 0 aliphatic heterocycles. The molecule has 8 nitrogen and oxygen atoms in total. The lowest BCUT2D eigenvalue weighted by Crippen LogP contribution is -2.74. The number of nitriles is 1. The summed E-state index contributed by atoms with van der Waals surface area (Å²) in [6, 6.07) is 14.5. The van der Waals surface area contributed by atoms with Crippen LogP contribution in [0.25, 0.3) is 0 Å². The van der Waals surface area contributed by atoms with Crippen LogP contribution in [0.2, 0.25) is 5.02 Å². The minimum absolute atomic E-state index is 0.0204. The summed E-state index contributed by atoms with van der Waals surface area (Å²) in [6.45, 7) is 15.1. The van der Waals surface area contributed by atoms with E-state index in [9.17, 15) is 9.59 Å². The fourth-order valence-corrected chi connectivity index (χ4v) is 6.03. The molecule has 228 valence electrons. The summed E-state index contributed by atoms with van der Waals surface area (Å²) in [5, 5.41) is 16.1. The Morgan fingerprint density at radius 3 is 2.26 bits per heavy atom. The first-order chi connectivity index (χ1) is 19.6. The first-order valence-electron chi connectivity index (χ1n) is 14.5. The average molecular weight is 598 g/mol. The van der Waals surface area contributed by atoms with Crippen LogP contribution in [0.5, 0.6) is 5.75 Å². The molecule has 2 N–H and O–H groups in total. The Balaban J connectivity index is 1.41. The van der Waals surface area contributed by atoms with Crippen LogP contribution in [0, 0.1) is 22.2 Å². The van der Waals surface area contributed by atoms with Gasteiger partial charge in [-0.2, -0.15) is 5.26 Å². The Bertz CT molecular complexity index is 1260. The minimum Gasteiger partial charge on any atom is -0.489 e. The van der Waals surface area contributed by atoms with Crippen LogP contribution in [0.3, 0.4) is 0 Å². The lowest BCUT2D eigenvalue weighted by Gasteiger charge is -2.63. The number of amides is 1. The summed E-state index contributed by atoms with van der Waals surface area (Å²) < 4.78 is 16.9. The van der Waals surface area contributed by atoms with E-state index in [4.69, 9.17) is 31.1 Å². The Morgan fingerprint density at radius 1 is 1.00 bits per heavy atom. The van der Waals surface area contributed by atoms with Crippen molar-refractivity contribution >= 4 is 29.2 Å². The van der Waals surface area contributed by atoms with Gasteiger partial charge in [0.1, 0.15) is 30.1 Å². The van der Waals surface area contributed by atoms with Gasteiger partial charge >= 0.3 is 5.97 Å². The van der Waals surface area contributed by atoms with Gasteiger partial charge in [-0.05, 0) is 76.4 Å². The lowest BCUT2D eigenvalue weighted by molar-refractivity contribution is -0.164. The molecule has 2 aromatic carbocycles. The number of benzene rings is 2. The van der Waals surface area contributed by atoms with E-state index in [-0.39, 0.29) is 41.5 Å². The van der Waals surface area contributed by atoms with Crippen molar-refractivity contribution in [2.45, 2.75) is 85.5 Å². The summed E-state index contributed by atoms with van der Waals surface area (Å²) >= 11 is 6.19. The van der Waals surface area contributed by atoms with Crippen molar-refractivity contribution in [2.24, 2.45) is 10.8 Å². The highest BCUT2D eigenvalue weighted by atomic mass is 35.5. The number of carbonyl (C=O) groups is 2. The van der Waals surface area contributed by atoms with Crippen LogP contribution in [0.15, 0.2) is 42.5 Å². The molecule has 0 aromatic heterocycles. The van der Waals surface area contributed by atoms with Crippen molar-refractivity contribution in [2.75, 3.05) is 25.1 Å². The predicted molar refractivity (Wildman–Crippen MR) is 165 cm³/mol. The average Bonchev–Trinajstić information content (AvgIpc) is 2.90. The quantitative estimate of drug-likeness (QED) is 0.194. The van der Waals surface area contributed by atoms with E-state index in [0.717, 1.165) is 31.5 Å². The highest BCUT2D eigenvalue weighted by Gasteiger charge is 2.64. The van der Waals surface area contributed by atoms with Crippen LogP contribution >= 0.6 is 11.6 Å². The van der Waals surface area contributed by atoms with E-state index < -0.39 is 5.60 Å². The molecule has 1 saturated carbocycles. The summed E-state index contributed by atoms with van der Waals surface area (Å²) in [5.74, 6) is 0.133. The molecule has 0 atom stereocenters. The van der Waals surface area contributed by atoms with Crippen molar-refractivity contribution in [3.8, 4) is 11.8 Å². The van der Waals surface area contributed by atoms with Crippen LogP contribution < -0.4 is 15.4 Å². The number of ether oxygens (including phenoxy) is 3. The molecule has 42 heavy (non-hydrogen) atoms. The molecule has 0 bridgehead atoms. The topological polar surface area (TPSA) is 110 Å². The zero-order chi connectivity index (χ0) is 31.1. The Kier molecular flexibility index (Phi) is 10.9. The molecule has 0 radical (unpaired) electrons. The number of hydrogen-bond donors (Lipinski definition) is 2. The summed E-state index contributed by atoms with van der Waals surface area (Å²) in [5.41, 5.74) is 0.789. The molecule has 1 aliphatic carbocycles. The van der Waals surface area contributed by atoms with E-state index in [1.165, 1.54) is 0 Å². The number of nitrogens with zero attached hydrogens (tertiary/aromatic N) is 1. The van der Waals surface area contributed by atoms with Crippen LogP contribution in [0.4, 0.5) is 5.69 Å². The summed E-state index contributed by atoms with van der Waals surface area (Å²) in [7, 11) is 0. The fourth-order valence-electron chi connectivity index (χ4n) is 5.81. The van der Waals surface area contributed by atoms with Gasteiger partial charge in [0, 0.05) is 47.3 Å². The maximum atomic E-state index is 13.1. The molecule has 1 amide bonds. The van der Waals surface area contributed by atoms with Gasteiger partial charge in [-0.15, -0.1) is 0 Å². The highest BCUT2D eigenvalue weighted by Crippen LogP contribution is 2.55. The van der Waals surface area contributed by atoms with Gasteiger partial charge in [0.25, 0.3) is 5.91 Å². The first-order valence-corrected chi connectivity index (χ1v) is 14.8. The summed E-state index contributed by atoms with van der Waals surface area (Å²) in [6.07, 6.45) is 2.63. The number of carbonyl (C=O) groups excluding carboxylic acids is 2. The van der Waals surface area contributed by atoms with E-state index in [0.29, 0.717) is 28.5 Å². The third kappa shape index (κ3) is 8.62. The molecule has 3 rings (SSSR count). The Hall–Kier alpha value is -3.28. The molecule has 0 spiro atoms. The molecular weight excluding hydrogens is 554 g/mol. The number of hydrogen-bond acceptors (Lipinski definition) is 7. The SMILES string of the molecule is CC(C)(C)OC(=O)COCCCCCNc1ccc(C(=O)NC2C(C)(C)C(Oc3ccc(C#N)c(Cl)c3)C2(C)C)cc1. The Morgan fingerprint density at radius 2 is 1.67 bits per heavy atom. The third-order valence-electron chi connectivity index (χ3n) is 7.51. The first kappa shape index (κ1) is 33.2. The molecule has 0 saturated heterocycles. The third-order valence-corrected chi connectivity index (χ3v) is 7.82. The van der Waals surface area contributed by atoms with Crippen molar-refractivity contribution in [3.05, 3.63) is 58.6 Å². The number of halogens is 1. The number of anilines is 1. The van der Waals surface area contributed by atoms with E-state index in [1.54, 1.807) is 18.2 Å². The van der Waals surface area contributed by atoms with Crippen molar-refractivity contribution in [3.63, 3.8) is 0 Å². The number of esters is 1. The van der Waals surface area contributed by atoms with Gasteiger partial charge < -0.3 is 24.8 Å². The molecule has 1 fully saturated rings. The van der Waals surface area contributed by atoms with E-state index in [2.05, 4.69) is 44.4 Å².